The van der Waals surface area contributed by atoms with Crippen LogP contribution in [0.5, 0.6) is 0 Å². The number of hydrogen-bond donors (Lipinski definition) is 1. The van der Waals surface area contributed by atoms with E-state index in [4.69, 9.17) is 16.9 Å². The number of hydrogen-bond acceptors (Lipinski definition) is 5. The fourth-order valence-corrected chi connectivity index (χ4v) is 2.32. The van der Waals surface area contributed by atoms with Gasteiger partial charge in [-0.05, 0) is 24.6 Å². The summed E-state index contributed by atoms with van der Waals surface area (Å²) in [6.45, 7) is 1.31. The number of rotatable bonds is 5. The lowest BCUT2D eigenvalue weighted by Gasteiger charge is -2.15. The monoisotopic (exact) mass is 360 g/mol. The standard InChI is InChI=1S/C16H13ClN4O4/c1-10(11-2-4-13(17)5-3-11)19-15(22)9-20-8-14(21(24)25)6-12(7-18)16(20)23/h2-6,8,10H,9H2,1H3,(H,19,22)/t10-/m0/s1. The second-order valence-corrected chi connectivity index (χ2v) is 5.69. The van der Waals surface area contributed by atoms with Crippen molar-refractivity contribution in [2.75, 3.05) is 0 Å². The first-order valence-corrected chi connectivity index (χ1v) is 7.53. The maximum Gasteiger partial charge on any atom is 0.287 e. The van der Waals surface area contributed by atoms with Gasteiger partial charge in [-0.3, -0.25) is 24.3 Å². The average Bonchev–Trinajstić information content (AvgIpc) is 2.56. The van der Waals surface area contributed by atoms with Crippen molar-refractivity contribution in [3.05, 3.63) is 73.1 Å². The first-order chi connectivity index (χ1) is 11.8. The number of halogens is 1. The zero-order valence-electron chi connectivity index (χ0n) is 13.1. The lowest BCUT2D eigenvalue weighted by atomic mass is 10.1. The number of benzene rings is 1. The molecule has 1 heterocycles. The molecule has 0 saturated heterocycles. The van der Waals surface area contributed by atoms with Gasteiger partial charge in [-0.1, -0.05) is 23.7 Å². The van der Waals surface area contributed by atoms with E-state index in [2.05, 4.69) is 5.32 Å². The molecule has 9 heteroatoms. The number of nitrogens with zero attached hydrogens (tertiary/aromatic N) is 3. The topological polar surface area (TPSA) is 118 Å². The molecule has 1 atom stereocenters. The van der Waals surface area contributed by atoms with E-state index in [1.54, 1.807) is 37.3 Å². The summed E-state index contributed by atoms with van der Waals surface area (Å²) in [5, 5.41) is 23.0. The van der Waals surface area contributed by atoms with E-state index in [1.807, 2.05) is 0 Å². The summed E-state index contributed by atoms with van der Waals surface area (Å²) in [4.78, 5) is 34.3. The Hall–Kier alpha value is -3.18. The van der Waals surface area contributed by atoms with Gasteiger partial charge < -0.3 is 5.32 Å². The van der Waals surface area contributed by atoms with E-state index in [1.165, 1.54) is 0 Å². The van der Waals surface area contributed by atoms with Crippen LogP contribution in [-0.4, -0.2) is 15.4 Å². The minimum atomic E-state index is -0.762. The van der Waals surface area contributed by atoms with Crippen LogP contribution in [0.3, 0.4) is 0 Å². The number of carbonyl (C=O) groups excluding carboxylic acids is 1. The van der Waals surface area contributed by atoms with Crippen LogP contribution >= 0.6 is 11.6 Å². The van der Waals surface area contributed by atoms with Crippen molar-refractivity contribution in [2.24, 2.45) is 0 Å². The minimum Gasteiger partial charge on any atom is -0.348 e. The molecule has 128 valence electrons. The fraction of sp³-hybridized carbons (Fsp3) is 0.188. The summed E-state index contributed by atoms with van der Waals surface area (Å²) in [6, 6.07) is 8.99. The van der Waals surface area contributed by atoms with Crippen LogP contribution in [0.4, 0.5) is 5.69 Å². The largest absolute Gasteiger partial charge is 0.348 e. The predicted molar refractivity (Wildman–Crippen MR) is 90.1 cm³/mol. The second-order valence-electron chi connectivity index (χ2n) is 5.25. The Morgan fingerprint density at radius 3 is 2.64 bits per heavy atom. The Balaban J connectivity index is 2.19. The molecule has 1 amide bonds. The first-order valence-electron chi connectivity index (χ1n) is 7.15. The van der Waals surface area contributed by atoms with Gasteiger partial charge in [-0.25, -0.2) is 0 Å². The third kappa shape index (κ3) is 4.43. The maximum atomic E-state index is 12.1. The van der Waals surface area contributed by atoms with Crippen molar-refractivity contribution in [3.63, 3.8) is 0 Å². The van der Waals surface area contributed by atoms with Gasteiger partial charge in [-0.2, -0.15) is 5.26 Å². The normalized spacial score (nSPS) is 11.4. The van der Waals surface area contributed by atoms with E-state index in [0.717, 1.165) is 22.4 Å². The van der Waals surface area contributed by atoms with Crippen molar-refractivity contribution in [1.82, 2.24) is 9.88 Å². The van der Waals surface area contributed by atoms with Crippen molar-refractivity contribution in [3.8, 4) is 6.07 Å². The number of amides is 1. The van der Waals surface area contributed by atoms with Crippen LogP contribution in [0, 0.1) is 21.4 Å². The molecule has 0 bridgehead atoms. The molecule has 0 unspecified atom stereocenters. The van der Waals surface area contributed by atoms with Crippen LogP contribution in [0.2, 0.25) is 5.02 Å². The quantitative estimate of drug-likeness (QED) is 0.647. The van der Waals surface area contributed by atoms with Crippen LogP contribution in [-0.2, 0) is 11.3 Å². The molecule has 2 aromatic rings. The molecule has 2 rings (SSSR count). The zero-order valence-corrected chi connectivity index (χ0v) is 13.9. The molecular formula is C16H13ClN4O4. The molecule has 0 saturated carbocycles. The van der Waals surface area contributed by atoms with Crippen LogP contribution in [0.25, 0.3) is 0 Å². The highest BCUT2D eigenvalue weighted by Crippen LogP contribution is 2.16. The molecular weight excluding hydrogens is 348 g/mol. The molecule has 1 aromatic carbocycles. The van der Waals surface area contributed by atoms with Gasteiger partial charge in [-0.15, -0.1) is 0 Å². The maximum absolute atomic E-state index is 12.1. The number of pyridine rings is 1. The van der Waals surface area contributed by atoms with Gasteiger partial charge >= 0.3 is 0 Å². The van der Waals surface area contributed by atoms with E-state index in [9.17, 15) is 19.7 Å². The van der Waals surface area contributed by atoms with Gasteiger partial charge in [0, 0.05) is 11.1 Å². The van der Waals surface area contributed by atoms with Crippen molar-refractivity contribution < 1.29 is 9.72 Å². The van der Waals surface area contributed by atoms with E-state index in [0.29, 0.717) is 5.02 Å². The van der Waals surface area contributed by atoms with Crippen molar-refractivity contribution in [2.45, 2.75) is 19.5 Å². The smallest absolute Gasteiger partial charge is 0.287 e. The molecule has 1 N–H and O–H groups in total. The Bertz CT molecular complexity index is 915. The van der Waals surface area contributed by atoms with Crippen LogP contribution in [0.15, 0.2) is 41.3 Å². The van der Waals surface area contributed by atoms with Crippen LogP contribution in [0.1, 0.15) is 24.1 Å². The van der Waals surface area contributed by atoms with Crippen molar-refractivity contribution >= 4 is 23.2 Å². The fourth-order valence-electron chi connectivity index (χ4n) is 2.19. The van der Waals surface area contributed by atoms with Gasteiger partial charge in [0.2, 0.25) is 5.91 Å². The summed E-state index contributed by atoms with van der Waals surface area (Å²) in [7, 11) is 0. The molecule has 1 aromatic heterocycles. The molecule has 0 aliphatic carbocycles. The Morgan fingerprint density at radius 2 is 2.08 bits per heavy atom. The van der Waals surface area contributed by atoms with Crippen molar-refractivity contribution in [1.29, 1.82) is 5.26 Å². The molecule has 0 spiro atoms. The van der Waals surface area contributed by atoms with Gasteiger partial charge in [0.1, 0.15) is 18.2 Å². The lowest BCUT2D eigenvalue weighted by Crippen LogP contribution is -2.34. The first kappa shape index (κ1) is 18.2. The molecule has 0 aliphatic rings. The highest BCUT2D eigenvalue weighted by Gasteiger charge is 2.16. The lowest BCUT2D eigenvalue weighted by molar-refractivity contribution is -0.385. The zero-order chi connectivity index (χ0) is 18.6. The molecule has 0 radical (unpaired) electrons. The number of aromatic nitrogens is 1. The number of carbonyl (C=O) groups is 1. The Labute approximate surface area is 147 Å². The molecule has 0 fully saturated rings. The summed E-state index contributed by atoms with van der Waals surface area (Å²) < 4.78 is 0.848. The predicted octanol–water partition coefficient (Wildman–Crippen LogP) is 2.16. The third-order valence-electron chi connectivity index (χ3n) is 3.46. The number of nitrogens with one attached hydrogen (secondary N) is 1. The average molecular weight is 361 g/mol. The van der Waals surface area contributed by atoms with Gasteiger partial charge in [0.25, 0.3) is 11.2 Å². The Kier molecular flexibility index (Phi) is 5.52. The summed E-state index contributed by atoms with van der Waals surface area (Å²) in [5.41, 5.74) is -0.785. The summed E-state index contributed by atoms with van der Waals surface area (Å²) >= 11 is 5.81. The van der Waals surface area contributed by atoms with Crippen LogP contribution < -0.4 is 10.9 Å². The van der Waals surface area contributed by atoms with E-state index < -0.39 is 34.2 Å². The van der Waals surface area contributed by atoms with Gasteiger partial charge in [0.05, 0.1) is 17.2 Å². The number of nitro groups is 1. The highest BCUT2D eigenvalue weighted by atomic mass is 35.5. The van der Waals surface area contributed by atoms with Gasteiger partial charge in [0.15, 0.2) is 0 Å². The number of nitriles is 1. The highest BCUT2D eigenvalue weighted by molar-refractivity contribution is 6.30. The Morgan fingerprint density at radius 1 is 1.44 bits per heavy atom. The SMILES string of the molecule is C[C@H](NC(=O)Cn1cc([N+](=O)[O-])cc(C#N)c1=O)c1ccc(Cl)cc1. The molecule has 0 aliphatic heterocycles. The third-order valence-corrected chi connectivity index (χ3v) is 3.72. The summed E-state index contributed by atoms with van der Waals surface area (Å²) in [5.74, 6) is -0.520. The van der Waals surface area contributed by atoms with E-state index in [-0.39, 0.29) is 6.04 Å². The molecule has 8 nitrogen and oxygen atoms in total. The summed E-state index contributed by atoms with van der Waals surface area (Å²) in [6.07, 6.45) is 0.940. The van der Waals surface area contributed by atoms with E-state index >= 15 is 0 Å². The molecule has 25 heavy (non-hydrogen) atoms. The minimum absolute atomic E-state index is 0.352. The second kappa shape index (κ2) is 7.59.